The maximum Gasteiger partial charge on any atom is 0.228 e. The minimum atomic E-state index is 0.163. The van der Waals surface area contributed by atoms with Gasteiger partial charge in [-0.3, -0.25) is 4.79 Å². The van der Waals surface area contributed by atoms with Crippen LogP contribution in [0.2, 0.25) is 0 Å². The highest BCUT2D eigenvalue weighted by molar-refractivity contribution is 7.13. The molecule has 0 aromatic carbocycles. The van der Waals surface area contributed by atoms with E-state index in [4.69, 9.17) is 5.73 Å². The molecule has 2 heterocycles. The van der Waals surface area contributed by atoms with E-state index < -0.39 is 0 Å². The number of nitrogens with zero attached hydrogens (tertiary/aromatic N) is 2. The Labute approximate surface area is 99.5 Å². The summed E-state index contributed by atoms with van der Waals surface area (Å²) in [6, 6.07) is 0. The van der Waals surface area contributed by atoms with Crippen molar-refractivity contribution in [2.75, 3.05) is 18.8 Å². The van der Waals surface area contributed by atoms with Gasteiger partial charge in [0.2, 0.25) is 5.91 Å². The lowest BCUT2D eigenvalue weighted by molar-refractivity contribution is -0.129. The molecule has 1 amide bonds. The second-order valence-electron chi connectivity index (χ2n) is 5.08. The molecule has 88 valence electrons. The van der Waals surface area contributed by atoms with Gasteiger partial charge in [0.25, 0.3) is 0 Å². The van der Waals surface area contributed by atoms with Crippen LogP contribution in [0.15, 0.2) is 5.38 Å². The standard InChI is InChI=1S/C11H17N3OS/c1-11(2)3-4-14(7-11)9(15)5-8-6-16-10(12)13-8/h6H,3-5,7H2,1-2H3,(H2,12,13). The van der Waals surface area contributed by atoms with Crippen LogP contribution >= 0.6 is 11.3 Å². The number of aromatic nitrogens is 1. The molecule has 0 aliphatic carbocycles. The maximum atomic E-state index is 12.0. The second kappa shape index (κ2) is 4.05. The molecule has 1 aromatic rings. The predicted octanol–water partition coefficient (Wildman–Crippen LogP) is 1.53. The molecule has 0 atom stereocenters. The Morgan fingerprint density at radius 1 is 1.69 bits per heavy atom. The van der Waals surface area contributed by atoms with Gasteiger partial charge in [-0.1, -0.05) is 13.8 Å². The average molecular weight is 239 g/mol. The van der Waals surface area contributed by atoms with Crippen molar-refractivity contribution < 1.29 is 4.79 Å². The van der Waals surface area contributed by atoms with Crippen LogP contribution in [0.3, 0.4) is 0 Å². The third kappa shape index (κ3) is 2.52. The average Bonchev–Trinajstić information content (AvgIpc) is 2.72. The summed E-state index contributed by atoms with van der Waals surface area (Å²) < 4.78 is 0. The van der Waals surface area contributed by atoms with Crippen LogP contribution in [0.4, 0.5) is 5.13 Å². The molecule has 1 aromatic heterocycles. The Hall–Kier alpha value is -1.10. The summed E-state index contributed by atoms with van der Waals surface area (Å²) in [6.45, 7) is 6.11. The fourth-order valence-electron chi connectivity index (χ4n) is 2.00. The van der Waals surface area contributed by atoms with E-state index in [0.717, 1.165) is 25.2 Å². The normalized spacial score (nSPS) is 19.0. The Balaban J connectivity index is 1.94. The molecule has 0 saturated carbocycles. The van der Waals surface area contributed by atoms with E-state index in [9.17, 15) is 4.79 Å². The molecule has 0 unspecified atom stereocenters. The number of anilines is 1. The van der Waals surface area contributed by atoms with Crippen molar-refractivity contribution in [1.82, 2.24) is 9.88 Å². The van der Waals surface area contributed by atoms with Crippen molar-refractivity contribution in [3.8, 4) is 0 Å². The van der Waals surface area contributed by atoms with Crippen molar-refractivity contribution in [2.24, 2.45) is 5.41 Å². The predicted molar refractivity (Wildman–Crippen MR) is 65.2 cm³/mol. The van der Waals surface area contributed by atoms with Crippen LogP contribution in [0.5, 0.6) is 0 Å². The number of hydrogen-bond donors (Lipinski definition) is 1. The molecule has 2 rings (SSSR count). The smallest absolute Gasteiger partial charge is 0.228 e. The molecular formula is C11H17N3OS. The first-order valence-electron chi connectivity index (χ1n) is 5.44. The molecule has 4 nitrogen and oxygen atoms in total. The highest BCUT2D eigenvalue weighted by Crippen LogP contribution is 2.29. The van der Waals surface area contributed by atoms with Crippen molar-refractivity contribution in [3.63, 3.8) is 0 Å². The van der Waals surface area contributed by atoms with Crippen LogP contribution in [-0.4, -0.2) is 28.9 Å². The summed E-state index contributed by atoms with van der Waals surface area (Å²) in [4.78, 5) is 18.0. The maximum absolute atomic E-state index is 12.0. The first-order valence-corrected chi connectivity index (χ1v) is 6.32. The number of nitrogens with two attached hydrogens (primary N) is 1. The van der Waals surface area contributed by atoms with E-state index in [1.54, 1.807) is 0 Å². The molecule has 16 heavy (non-hydrogen) atoms. The highest BCUT2D eigenvalue weighted by Gasteiger charge is 2.31. The molecule has 5 heteroatoms. The molecule has 0 radical (unpaired) electrons. The number of rotatable bonds is 2. The van der Waals surface area contributed by atoms with Gasteiger partial charge in [0.05, 0.1) is 12.1 Å². The van der Waals surface area contributed by atoms with Gasteiger partial charge in [-0.25, -0.2) is 4.98 Å². The van der Waals surface area contributed by atoms with Crippen molar-refractivity contribution in [3.05, 3.63) is 11.1 Å². The molecule has 1 aliphatic rings. The molecule has 1 fully saturated rings. The van der Waals surface area contributed by atoms with E-state index in [1.165, 1.54) is 11.3 Å². The first-order chi connectivity index (χ1) is 7.46. The zero-order valence-corrected chi connectivity index (χ0v) is 10.5. The summed E-state index contributed by atoms with van der Waals surface area (Å²) in [7, 11) is 0. The quantitative estimate of drug-likeness (QED) is 0.851. The number of hydrogen-bond acceptors (Lipinski definition) is 4. The van der Waals surface area contributed by atoms with E-state index in [0.29, 0.717) is 11.6 Å². The zero-order valence-electron chi connectivity index (χ0n) is 9.69. The lowest BCUT2D eigenvalue weighted by Gasteiger charge is -2.19. The number of likely N-dealkylation sites (tertiary alicyclic amines) is 1. The van der Waals surface area contributed by atoms with E-state index >= 15 is 0 Å². The third-order valence-electron chi connectivity index (χ3n) is 2.93. The minimum Gasteiger partial charge on any atom is -0.375 e. The van der Waals surface area contributed by atoms with Crippen LogP contribution < -0.4 is 5.73 Å². The lowest BCUT2D eigenvalue weighted by Crippen LogP contribution is -2.31. The Kier molecular flexibility index (Phi) is 2.88. The molecule has 2 N–H and O–H groups in total. The van der Waals surface area contributed by atoms with E-state index in [1.807, 2.05) is 10.3 Å². The first kappa shape index (κ1) is 11.4. The summed E-state index contributed by atoms with van der Waals surface area (Å²) in [5, 5.41) is 2.39. The van der Waals surface area contributed by atoms with Gasteiger partial charge in [0, 0.05) is 18.5 Å². The summed E-state index contributed by atoms with van der Waals surface area (Å²) in [5.41, 5.74) is 6.58. The fraction of sp³-hybridized carbons (Fsp3) is 0.636. The molecule has 0 bridgehead atoms. The number of thiazole rings is 1. The fourth-order valence-corrected chi connectivity index (χ4v) is 2.56. The highest BCUT2D eigenvalue weighted by atomic mass is 32.1. The Morgan fingerprint density at radius 2 is 2.44 bits per heavy atom. The number of nitrogen functional groups attached to an aromatic ring is 1. The van der Waals surface area contributed by atoms with Gasteiger partial charge in [-0.2, -0.15) is 0 Å². The van der Waals surface area contributed by atoms with Gasteiger partial charge in [-0.05, 0) is 11.8 Å². The number of carbonyl (C=O) groups is 1. The zero-order chi connectivity index (χ0) is 11.8. The minimum absolute atomic E-state index is 0.163. The second-order valence-corrected chi connectivity index (χ2v) is 5.97. The summed E-state index contributed by atoms with van der Waals surface area (Å²) in [5.74, 6) is 0.163. The van der Waals surface area contributed by atoms with Crippen molar-refractivity contribution >= 4 is 22.4 Å². The molecule has 1 aliphatic heterocycles. The topological polar surface area (TPSA) is 59.2 Å². The van der Waals surface area contributed by atoms with Crippen LogP contribution in [0.25, 0.3) is 0 Å². The number of carbonyl (C=O) groups excluding carboxylic acids is 1. The van der Waals surface area contributed by atoms with E-state index in [2.05, 4.69) is 18.8 Å². The van der Waals surface area contributed by atoms with Crippen LogP contribution in [0, 0.1) is 5.41 Å². The van der Waals surface area contributed by atoms with Gasteiger partial charge in [0.15, 0.2) is 5.13 Å². The van der Waals surface area contributed by atoms with Crippen LogP contribution in [-0.2, 0) is 11.2 Å². The van der Waals surface area contributed by atoms with Crippen molar-refractivity contribution in [1.29, 1.82) is 0 Å². The summed E-state index contributed by atoms with van der Waals surface area (Å²) >= 11 is 1.38. The Bertz CT molecular complexity index is 400. The van der Waals surface area contributed by atoms with Gasteiger partial charge in [0.1, 0.15) is 0 Å². The number of amides is 1. The molecule has 1 saturated heterocycles. The SMILES string of the molecule is CC1(C)CCN(C(=O)Cc2csc(N)n2)C1. The van der Waals surface area contributed by atoms with Gasteiger partial charge >= 0.3 is 0 Å². The molecular weight excluding hydrogens is 222 g/mol. The monoisotopic (exact) mass is 239 g/mol. The summed E-state index contributed by atoms with van der Waals surface area (Å²) in [6.07, 6.45) is 1.46. The van der Waals surface area contributed by atoms with Crippen molar-refractivity contribution in [2.45, 2.75) is 26.7 Å². The Morgan fingerprint density at radius 3 is 2.94 bits per heavy atom. The van der Waals surface area contributed by atoms with E-state index in [-0.39, 0.29) is 11.3 Å². The molecule has 0 spiro atoms. The largest absolute Gasteiger partial charge is 0.375 e. The van der Waals surface area contributed by atoms with Crippen LogP contribution in [0.1, 0.15) is 26.0 Å². The van der Waals surface area contributed by atoms with Gasteiger partial charge < -0.3 is 10.6 Å². The van der Waals surface area contributed by atoms with Gasteiger partial charge in [-0.15, -0.1) is 11.3 Å². The third-order valence-corrected chi connectivity index (χ3v) is 3.65. The lowest BCUT2D eigenvalue weighted by atomic mass is 9.93.